The lowest BCUT2D eigenvalue weighted by molar-refractivity contribution is -0.384. The van der Waals surface area contributed by atoms with Crippen molar-refractivity contribution in [3.63, 3.8) is 0 Å². The number of benzene rings is 2. The summed E-state index contributed by atoms with van der Waals surface area (Å²) in [6.07, 6.45) is 0.992. The molecule has 0 saturated heterocycles. The standard InChI is InChI=1S/C16H15NO6S/c1-12(18)2-3-13-4-8-15(9-5-13)23-24(21,22)16-10-6-14(7-11-16)17(19)20/h4-11H,2-3H2,1H3. The van der Waals surface area contributed by atoms with Crippen molar-refractivity contribution in [3.05, 3.63) is 64.2 Å². The number of carbonyl (C=O) groups is 1. The maximum absolute atomic E-state index is 12.1. The quantitative estimate of drug-likeness (QED) is 0.432. The molecule has 0 aliphatic heterocycles. The van der Waals surface area contributed by atoms with Crippen LogP contribution < -0.4 is 4.18 Å². The highest BCUT2D eigenvalue weighted by atomic mass is 32.2. The molecule has 8 heteroatoms. The lowest BCUT2D eigenvalue weighted by Gasteiger charge is -2.07. The minimum atomic E-state index is -4.07. The van der Waals surface area contributed by atoms with E-state index in [4.69, 9.17) is 4.18 Å². The van der Waals surface area contributed by atoms with E-state index >= 15 is 0 Å². The average Bonchev–Trinajstić information content (AvgIpc) is 2.54. The highest BCUT2D eigenvalue weighted by Gasteiger charge is 2.18. The zero-order valence-corrected chi connectivity index (χ0v) is 13.7. The van der Waals surface area contributed by atoms with Crippen LogP contribution in [0.4, 0.5) is 5.69 Å². The molecule has 7 nitrogen and oxygen atoms in total. The fourth-order valence-electron chi connectivity index (χ4n) is 1.94. The summed E-state index contributed by atoms with van der Waals surface area (Å²) in [5, 5.41) is 10.6. The van der Waals surface area contributed by atoms with E-state index in [1.165, 1.54) is 19.1 Å². The van der Waals surface area contributed by atoms with Gasteiger partial charge in [0.05, 0.1) is 4.92 Å². The number of nitrogens with zero attached hydrogens (tertiary/aromatic N) is 1. The van der Waals surface area contributed by atoms with Crippen LogP contribution in [0, 0.1) is 10.1 Å². The monoisotopic (exact) mass is 349 g/mol. The van der Waals surface area contributed by atoms with Crippen molar-refractivity contribution < 1.29 is 22.3 Å². The number of hydrogen-bond donors (Lipinski definition) is 0. The molecule has 0 aromatic heterocycles. The Kier molecular flexibility index (Phi) is 5.30. The molecule has 24 heavy (non-hydrogen) atoms. The van der Waals surface area contributed by atoms with Gasteiger partial charge in [-0.05, 0) is 43.2 Å². The van der Waals surface area contributed by atoms with Gasteiger partial charge in [-0.3, -0.25) is 10.1 Å². The molecule has 0 N–H and O–H groups in total. The molecule has 2 rings (SSSR count). The number of Topliss-reactive ketones (excluding diaryl/α,β-unsaturated/α-hetero) is 1. The summed E-state index contributed by atoms with van der Waals surface area (Å²) in [5.74, 6) is 0.205. The summed E-state index contributed by atoms with van der Waals surface area (Å²) in [5.41, 5.74) is 0.689. The molecule has 2 aromatic carbocycles. The molecule has 0 spiro atoms. The van der Waals surface area contributed by atoms with E-state index in [1.807, 2.05) is 0 Å². The summed E-state index contributed by atoms with van der Waals surface area (Å²) in [6.45, 7) is 1.51. The summed E-state index contributed by atoms with van der Waals surface area (Å²) in [6, 6.07) is 10.8. The fourth-order valence-corrected chi connectivity index (χ4v) is 2.87. The Morgan fingerprint density at radius 2 is 1.67 bits per heavy atom. The first-order chi connectivity index (χ1) is 11.3. The van der Waals surface area contributed by atoms with Crippen LogP contribution in [0.5, 0.6) is 5.75 Å². The van der Waals surface area contributed by atoms with Crippen LogP contribution in [-0.4, -0.2) is 19.1 Å². The van der Waals surface area contributed by atoms with Gasteiger partial charge in [0.15, 0.2) is 0 Å². The first kappa shape index (κ1) is 17.6. The molecule has 0 amide bonds. The number of rotatable bonds is 7. The summed E-state index contributed by atoms with van der Waals surface area (Å²) >= 11 is 0. The van der Waals surface area contributed by atoms with E-state index in [-0.39, 0.29) is 22.1 Å². The van der Waals surface area contributed by atoms with Crippen LogP contribution in [0.25, 0.3) is 0 Å². The van der Waals surface area contributed by atoms with Crippen molar-refractivity contribution in [1.29, 1.82) is 0 Å². The summed E-state index contributed by atoms with van der Waals surface area (Å²) in [4.78, 5) is 20.7. The second-order valence-electron chi connectivity index (χ2n) is 5.13. The average molecular weight is 349 g/mol. The van der Waals surface area contributed by atoms with Gasteiger partial charge in [-0.15, -0.1) is 0 Å². The molecular weight excluding hydrogens is 334 g/mol. The van der Waals surface area contributed by atoms with Gasteiger partial charge in [0.2, 0.25) is 0 Å². The van der Waals surface area contributed by atoms with Crippen molar-refractivity contribution in [1.82, 2.24) is 0 Å². The Morgan fingerprint density at radius 1 is 1.08 bits per heavy atom. The van der Waals surface area contributed by atoms with E-state index in [0.717, 1.165) is 29.8 Å². The number of aryl methyl sites for hydroxylation is 1. The van der Waals surface area contributed by atoms with Gasteiger partial charge in [0.1, 0.15) is 16.4 Å². The number of ketones is 1. The second kappa shape index (κ2) is 7.22. The Hall–Kier alpha value is -2.74. The maximum atomic E-state index is 12.1. The first-order valence-corrected chi connectivity index (χ1v) is 8.46. The van der Waals surface area contributed by atoms with E-state index in [0.29, 0.717) is 12.8 Å². The van der Waals surface area contributed by atoms with Gasteiger partial charge in [-0.25, -0.2) is 0 Å². The van der Waals surface area contributed by atoms with Crippen LogP contribution in [-0.2, 0) is 21.3 Å². The van der Waals surface area contributed by atoms with Gasteiger partial charge in [-0.1, -0.05) is 12.1 Å². The van der Waals surface area contributed by atoms with Crippen LogP contribution in [0.15, 0.2) is 53.4 Å². The summed E-state index contributed by atoms with van der Waals surface area (Å²) in [7, 11) is -4.07. The number of nitro benzene ring substituents is 1. The van der Waals surface area contributed by atoms with Crippen molar-refractivity contribution in [2.24, 2.45) is 0 Å². The van der Waals surface area contributed by atoms with Crippen molar-refractivity contribution in [3.8, 4) is 5.75 Å². The van der Waals surface area contributed by atoms with Gasteiger partial charge in [0.25, 0.3) is 5.69 Å². The van der Waals surface area contributed by atoms with Crippen LogP contribution in [0.3, 0.4) is 0 Å². The number of hydrogen-bond acceptors (Lipinski definition) is 6. The van der Waals surface area contributed by atoms with Crippen molar-refractivity contribution in [2.45, 2.75) is 24.7 Å². The van der Waals surface area contributed by atoms with Gasteiger partial charge in [-0.2, -0.15) is 8.42 Å². The second-order valence-corrected chi connectivity index (χ2v) is 6.68. The lowest BCUT2D eigenvalue weighted by atomic mass is 10.1. The Balaban J connectivity index is 2.11. The third kappa shape index (κ3) is 4.63. The molecule has 0 saturated carbocycles. The van der Waals surface area contributed by atoms with E-state index in [9.17, 15) is 23.3 Å². The third-order valence-corrected chi connectivity index (χ3v) is 4.49. The van der Waals surface area contributed by atoms with E-state index < -0.39 is 15.0 Å². The number of nitro groups is 1. The van der Waals surface area contributed by atoms with Crippen molar-refractivity contribution in [2.75, 3.05) is 0 Å². The zero-order chi connectivity index (χ0) is 17.7. The Bertz CT molecular complexity index is 841. The molecule has 0 fully saturated rings. The van der Waals surface area contributed by atoms with Gasteiger partial charge < -0.3 is 8.98 Å². The smallest absolute Gasteiger partial charge is 0.339 e. The van der Waals surface area contributed by atoms with Gasteiger partial charge in [0, 0.05) is 18.6 Å². The zero-order valence-electron chi connectivity index (χ0n) is 12.8. The topological polar surface area (TPSA) is 104 Å². The third-order valence-electron chi connectivity index (χ3n) is 3.23. The van der Waals surface area contributed by atoms with E-state index in [2.05, 4.69) is 0 Å². The number of non-ortho nitro benzene ring substituents is 1. The largest absolute Gasteiger partial charge is 0.379 e. The van der Waals surface area contributed by atoms with Crippen LogP contribution in [0.1, 0.15) is 18.9 Å². The Labute approximate surface area is 139 Å². The van der Waals surface area contributed by atoms with Crippen molar-refractivity contribution >= 4 is 21.6 Å². The molecule has 0 aliphatic carbocycles. The SMILES string of the molecule is CC(=O)CCc1ccc(OS(=O)(=O)c2ccc([N+](=O)[O-])cc2)cc1. The predicted molar refractivity (Wildman–Crippen MR) is 86.4 cm³/mol. The number of carbonyl (C=O) groups excluding carboxylic acids is 1. The fraction of sp³-hybridized carbons (Fsp3) is 0.188. The van der Waals surface area contributed by atoms with Crippen LogP contribution >= 0.6 is 0 Å². The predicted octanol–water partition coefficient (Wildman–Crippen LogP) is 2.88. The minimum absolute atomic E-state index is 0.0797. The molecule has 0 heterocycles. The summed E-state index contributed by atoms with van der Waals surface area (Å²) < 4.78 is 29.3. The highest BCUT2D eigenvalue weighted by molar-refractivity contribution is 7.87. The molecule has 0 bridgehead atoms. The van der Waals surface area contributed by atoms with E-state index in [1.54, 1.807) is 12.1 Å². The first-order valence-electron chi connectivity index (χ1n) is 7.05. The molecular formula is C16H15NO6S. The Morgan fingerprint density at radius 3 is 2.17 bits per heavy atom. The molecule has 0 aliphatic rings. The molecule has 0 unspecified atom stereocenters. The minimum Gasteiger partial charge on any atom is -0.379 e. The highest BCUT2D eigenvalue weighted by Crippen LogP contribution is 2.21. The maximum Gasteiger partial charge on any atom is 0.339 e. The molecule has 0 radical (unpaired) electrons. The lowest BCUT2D eigenvalue weighted by Crippen LogP contribution is -2.09. The van der Waals surface area contributed by atoms with Gasteiger partial charge >= 0.3 is 10.1 Å². The van der Waals surface area contributed by atoms with Crippen LogP contribution in [0.2, 0.25) is 0 Å². The normalized spacial score (nSPS) is 11.0. The molecule has 2 aromatic rings. The molecule has 0 atom stereocenters. The molecule has 126 valence electrons.